The summed E-state index contributed by atoms with van der Waals surface area (Å²) in [6, 6.07) is 11.3. The first-order valence-corrected chi connectivity index (χ1v) is 6.15. The Morgan fingerprint density at radius 1 is 1.25 bits per heavy atom. The van der Waals surface area contributed by atoms with E-state index in [1.54, 1.807) is 30.8 Å². The monoisotopic (exact) mass is 261 g/mol. The van der Waals surface area contributed by atoms with E-state index < -0.39 is 0 Å². The smallest absolute Gasteiger partial charge is 0.228 e. The molecule has 96 valence electrons. The fourth-order valence-electron chi connectivity index (χ4n) is 1.97. The van der Waals surface area contributed by atoms with Gasteiger partial charge in [0.2, 0.25) is 5.89 Å². The molecule has 0 radical (unpaired) electrons. The molecule has 0 aliphatic carbocycles. The molecule has 3 rings (SSSR count). The molecular weight excluding hydrogens is 250 g/mol. The summed E-state index contributed by atoms with van der Waals surface area (Å²) in [5.41, 5.74) is 4.10. The van der Waals surface area contributed by atoms with Crippen LogP contribution in [0.5, 0.6) is 0 Å². The second-order valence-corrected chi connectivity index (χ2v) is 4.42. The predicted molar refractivity (Wildman–Crippen MR) is 74.6 cm³/mol. The molecule has 20 heavy (non-hydrogen) atoms. The van der Waals surface area contributed by atoms with Gasteiger partial charge >= 0.3 is 0 Å². The van der Waals surface area contributed by atoms with E-state index in [9.17, 15) is 0 Å². The molecule has 3 aromatic rings. The zero-order valence-corrected chi connectivity index (χ0v) is 10.9. The van der Waals surface area contributed by atoms with Crippen LogP contribution < -0.4 is 0 Å². The molecule has 0 saturated heterocycles. The normalized spacial score (nSPS) is 10.2. The summed E-state index contributed by atoms with van der Waals surface area (Å²) in [5.74, 6) is 0.535. The number of nitrogens with zero attached hydrogens (tertiary/aromatic N) is 3. The van der Waals surface area contributed by atoms with Crippen molar-refractivity contribution in [3.63, 3.8) is 0 Å². The molecule has 2 heterocycles. The van der Waals surface area contributed by atoms with Gasteiger partial charge in [0.1, 0.15) is 12.0 Å². The molecule has 0 amide bonds. The van der Waals surface area contributed by atoms with Gasteiger partial charge in [-0.05, 0) is 30.7 Å². The van der Waals surface area contributed by atoms with Crippen molar-refractivity contribution in [3.05, 3.63) is 60.1 Å². The second-order valence-electron chi connectivity index (χ2n) is 4.42. The zero-order chi connectivity index (χ0) is 13.9. The molecule has 4 heteroatoms. The highest BCUT2D eigenvalue weighted by Gasteiger charge is 2.10. The van der Waals surface area contributed by atoms with Crippen LogP contribution in [-0.2, 0) is 0 Å². The lowest BCUT2D eigenvalue weighted by Crippen LogP contribution is -1.85. The average molecular weight is 261 g/mol. The molecular formula is C16H11N3O. The minimum atomic E-state index is 0.535. The van der Waals surface area contributed by atoms with Crippen LogP contribution in [0, 0.1) is 18.3 Å². The van der Waals surface area contributed by atoms with Crippen LogP contribution >= 0.6 is 0 Å². The Morgan fingerprint density at radius 2 is 2.15 bits per heavy atom. The van der Waals surface area contributed by atoms with Gasteiger partial charge in [-0.1, -0.05) is 12.1 Å². The Balaban J connectivity index is 2.02. The lowest BCUT2D eigenvalue weighted by Gasteiger charge is -1.98. The van der Waals surface area contributed by atoms with Crippen molar-refractivity contribution in [3.8, 4) is 28.8 Å². The van der Waals surface area contributed by atoms with Gasteiger partial charge in [-0.3, -0.25) is 4.98 Å². The Kier molecular flexibility index (Phi) is 3.02. The van der Waals surface area contributed by atoms with Crippen LogP contribution in [0.2, 0.25) is 0 Å². The summed E-state index contributed by atoms with van der Waals surface area (Å²) in [7, 11) is 0. The number of hydrogen-bond acceptors (Lipinski definition) is 4. The number of pyridine rings is 1. The van der Waals surface area contributed by atoms with Crippen LogP contribution in [0.1, 0.15) is 11.1 Å². The van der Waals surface area contributed by atoms with E-state index in [0.29, 0.717) is 17.1 Å². The quantitative estimate of drug-likeness (QED) is 0.707. The lowest BCUT2D eigenvalue weighted by molar-refractivity contribution is 0.574. The number of aryl methyl sites for hydroxylation is 1. The van der Waals surface area contributed by atoms with Crippen molar-refractivity contribution in [2.45, 2.75) is 6.92 Å². The fourth-order valence-corrected chi connectivity index (χ4v) is 1.97. The van der Waals surface area contributed by atoms with Gasteiger partial charge in [-0.2, -0.15) is 5.26 Å². The van der Waals surface area contributed by atoms with Crippen molar-refractivity contribution < 1.29 is 4.42 Å². The van der Waals surface area contributed by atoms with E-state index >= 15 is 0 Å². The Labute approximate surface area is 116 Å². The van der Waals surface area contributed by atoms with E-state index in [2.05, 4.69) is 16.0 Å². The molecule has 4 nitrogen and oxygen atoms in total. The van der Waals surface area contributed by atoms with Crippen LogP contribution in [-0.4, -0.2) is 9.97 Å². The second kappa shape index (κ2) is 4.98. The van der Waals surface area contributed by atoms with Crippen molar-refractivity contribution in [1.82, 2.24) is 9.97 Å². The van der Waals surface area contributed by atoms with E-state index in [1.807, 2.05) is 25.1 Å². The van der Waals surface area contributed by atoms with Crippen molar-refractivity contribution in [1.29, 1.82) is 5.26 Å². The Hall–Kier alpha value is -2.93. The largest absolute Gasteiger partial charge is 0.444 e. The summed E-state index contributed by atoms with van der Waals surface area (Å²) in [6.07, 6.45) is 5.06. The maximum absolute atomic E-state index is 8.93. The third kappa shape index (κ3) is 2.17. The van der Waals surface area contributed by atoms with Gasteiger partial charge in [-0.15, -0.1) is 0 Å². The molecule has 0 spiro atoms. The lowest BCUT2D eigenvalue weighted by atomic mass is 10.1. The Morgan fingerprint density at radius 3 is 2.95 bits per heavy atom. The summed E-state index contributed by atoms with van der Waals surface area (Å²) in [5, 5.41) is 8.93. The van der Waals surface area contributed by atoms with E-state index in [4.69, 9.17) is 9.68 Å². The van der Waals surface area contributed by atoms with Gasteiger partial charge < -0.3 is 4.42 Å². The molecule has 0 saturated carbocycles. The molecule has 0 N–H and O–H groups in total. The minimum absolute atomic E-state index is 0.535. The number of oxazole rings is 1. The van der Waals surface area contributed by atoms with Crippen LogP contribution in [0.3, 0.4) is 0 Å². The van der Waals surface area contributed by atoms with Gasteiger partial charge in [0.15, 0.2) is 0 Å². The highest BCUT2D eigenvalue weighted by Crippen LogP contribution is 2.26. The summed E-state index contributed by atoms with van der Waals surface area (Å²) < 4.78 is 5.53. The van der Waals surface area contributed by atoms with Gasteiger partial charge in [0.05, 0.1) is 17.2 Å². The minimum Gasteiger partial charge on any atom is -0.444 e. The number of benzene rings is 1. The SMILES string of the molecule is Cc1ccncc1-c1nc(-c2cccc(C#N)c2)co1. The maximum atomic E-state index is 8.93. The first-order valence-electron chi connectivity index (χ1n) is 6.15. The van der Waals surface area contributed by atoms with E-state index in [0.717, 1.165) is 16.7 Å². The number of nitriles is 1. The molecule has 0 aliphatic heterocycles. The number of rotatable bonds is 2. The van der Waals surface area contributed by atoms with E-state index in [1.165, 1.54) is 0 Å². The third-order valence-electron chi connectivity index (χ3n) is 3.06. The standard InChI is InChI=1S/C16H11N3O/c1-11-5-6-18-9-14(11)16-19-15(10-20-16)13-4-2-3-12(7-13)8-17/h2-7,9-10H,1H3. The number of aromatic nitrogens is 2. The molecule has 0 unspecified atom stereocenters. The summed E-state index contributed by atoms with van der Waals surface area (Å²) >= 11 is 0. The molecule has 1 aromatic carbocycles. The van der Waals surface area contributed by atoms with Crippen LogP contribution in [0.4, 0.5) is 0 Å². The molecule has 0 bridgehead atoms. The van der Waals surface area contributed by atoms with Crippen molar-refractivity contribution in [2.75, 3.05) is 0 Å². The summed E-state index contributed by atoms with van der Waals surface area (Å²) in [4.78, 5) is 8.56. The summed E-state index contributed by atoms with van der Waals surface area (Å²) in [6.45, 7) is 1.98. The van der Waals surface area contributed by atoms with Crippen LogP contribution in [0.25, 0.3) is 22.7 Å². The first-order chi connectivity index (χ1) is 9.78. The third-order valence-corrected chi connectivity index (χ3v) is 3.06. The molecule has 0 aliphatic rings. The van der Waals surface area contributed by atoms with Gasteiger partial charge in [0.25, 0.3) is 0 Å². The average Bonchev–Trinajstić information content (AvgIpc) is 2.97. The molecule has 0 atom stereocenters. The van der Waals surface area contributed by atoms with Crippen molar-refractivity contribution >= 4 is 0 Å². The zero-order valence-electron chi connectivity index (χ0n) is 10.9. The molecule has 2 aromatic heterocycles. The maximum Gasteiger partial charge on any atom is 0.228 e. The highest BCUT2D eigenvalue weighted by molar-refractivity contribution is 5.65. The van der Waals surface area contributed by atoms with Gasteiger partial charge in [0, 0.05) is 18.0 Å². The van der Waals surface area contributed by atoms with Gasteiger partial charge in [-0.25, -0.2) is 4.98 Å². The molecule has 0 fully saturated rings. The predicted octanol–water partition coefficient (Wildman–Crippen LogP) is 3.58. The highest BCUT2D eigenvalue weighted by atomic mass is 16.3. The Bertz CT molecular complexity index is 799. The number of hydrogen-bond donors (Lipinski definition) is 0. The van der Waals surface area contributed by atoms with E-state index in [-0.39, 0.29) is 0 Å². The first kappa shape index (κ1) is 12.1. The van der Waals surface area contributed by atoms with Crippen molar-refractivity contribution in [2.24, 2.45) is 0 Å². The van der Waals surface area contributed by atoms with Crippen LogP contribution in [0.15, 0.2) is 53.4 Å². The fraction of sp³-hybridized carbons (Fsp3) is 0.0625. The topological polar surface area (TPSA) is 62.7 Å².